The van der Waals surface area contributed by atoms with Gasteiger partial charge < -0.3 is 14.8 Å². The number of ether oxygens (including phenoxy) is 2. The maximum absolute atomic E-state index is 13.2. The van der Waals surface area contributed by atoms with E-state index in [0.717, 1.165) is 37.2 Å². The fourth-order valence-electron chi connectivity index (χ4n) is 4.27. The zero-order valence-electron chi connectivity index (χ0n) is 17.7. The van der Waals surface area contributed by atoms with Crippen molar-refractivity contribution in [1.82, 2.24) is 14.9 Å². The predicted octanol–water partition coefficient (Wildman–Crippen LogP) is 3.31. The fraction of sp³-hybridized carbons (Fsp3) is 0.375. The highest BCUT2D eigenvalue weighted by Gasteiger charge is 2.24. The van der Waals surface area contributed by atoms with E-state index in [0.29, 0.717) is 29.2 Å². The van der Waals surface area contributed by atoms with Crippen molar-refractivity contribution in [1.29, 1.82) is 0 Å². The Kier molecular flexibility index (Phi) is 6.14. The van der Waals surface area contributed by atoms with E-state index in [1.807, 2.05) is 42.5 Å². The minimum atomic E-state index is -0.0947. The van der Waals surface area contributed by atoms with Gasteiger partial charge in [0.25, 0.3) is 5.56 Å². The molecule has 0 spiro atoms. The van der Waals surface area contributed by atoms with Gasteiger partial charge in [0.1, 0.15) is 5.75 Å². The number of rotatable bonds is 6. The van der Waals surface area contributed by atoms with E-state index < -0.39 is 0 Å². The van der Waals surface area contributed by atoms with Crippen LogP contribution in [0.25, 0.3) is 10.9 Å². The van der Waals surface area contributed by atoms with E-state index in [-0.39, 0.29) is 29.4 Å². The molecule has 0 bridgehead atoms. The van der Waals surface area contributed by atoms with Crippen LogP contribution in [0.5, 0.6) is 5.75 Å². The van der Waals surface area contributed by atoms with E-state index in [2.05, 4.69) is 5.32 Å². The van der Waals surface area contributed by atoms with Crippen LogP contribution in [0.1, 0.15) is 30.9 Å². The van der Waals surface area contributed by atoms with Gasteiger partial charge in [0.15, 0.2) is 5.16 Å². The smallest absolute Gasteiger partial charge is 0.262 e. The Hall–Kier alpha value is -2.84. The van der Waals surface area contributed by atoms with Crippen LogP contribution in [0.2, 0.25) is 0 Å². The summed E-state index contributed by atoms with van der Waals surface area (Å²) in [6.07, 6.45) is 2.65. The molecule has 1 aromatic heterocycles. The van der Waals surface area contributed by atoms with Crippen molar-refractivity contribution in [2.24, 2.45) is 0 Å². The maximum atomic E-state index is 13.2. The van der Waals surface area contributed by atoms with Crippen LogP contribution < -0.4 is 15.6 Å². The molecule has 0 radical (unpaired) electrons. The molecule has 3 aromatic rings. The van der Waals surface area contributed by atoms with Crippen LogP contribution in [0.4, 0.5) is 0 Å². The highest BCUT2D eigenvalue weighted by Crippen LogP contribution is 2.31. The third-order valence-electron chi connectivity index (χ3n) is 5.86. The van der Waals surface area contributed by atoms with Crippen molar-refractivity contribution < 1.29 is 14.3 Å². The SMILES string of the molecule is O=C(CSc1nc2ccccc2c(=O)n1C[C@@H]1CCCO1)N[C@@H]1CCOc2ccccc21. The van der Waals surface area contributed by atoms with Gasteiger partial charge in [-0.2, -0.15) is 0 Å². The molecule has 1 N–H and O–H groups in total. The average molecular weight is 452 g/mol. The summed E-state index contributed by atoms with van der Waals surface area (Å²) in [5.74, 6) is 0.900. The van der Waals surface area contributed by atoms with Gasteiger partial charge in [-0.15, -0.1) is 0 Å². The summed E-state index contributed by atoms with van der Waals surface area (Å²) in [6.45, 7) is 1.74. The van der Waals surface area contributed by atoms with Crippen LogP contribution in [-0.2, 0) is 16.1 Å². The standard InChI is InChI=1S/C24H25N3O4S/c28-22(25-20-11-13-31-21-10-4-2-7-17(20)21)15-32-24-26-19-9-3-1-8-18(19)23(29)27(24)14-16-6-5-12-30-16/h1-4,7-10,16,20H,5-6,11-15H2,(H,25,28)/t16-,20+/m0/s1. The third-order valence-corrected chi connectivity index (χ3v) is 6.84. The first-order valence-electron chi connectivity index (χ1n) is 10.9. The number of carbonyl (C=O) groups is 1. The molecule has 2 atom stereocenters. The van der Waals surface area contributed by atoms with Crippen molar-refractivity contribution in [3.63, 3.8) is 0 Å². The Morgan fingerprint density at radius 1 is 1.12 bits per heavy atom. The van der Waals surface area contributed by atoms with Crippen LogP contribution in [0.15, 0.2) is 58.5 Å². The first-order valence-corrected chi connectivity index (χ1v) is 11.9. The largest absolute Gasteiger partial charge is 0.493 e. The minimum absolute atomic E-state index is 0.00239. The Labute approximate surface area is 190 Å². The zero-order valence-corrected chi connectivity index (χ0v) is 18.5. The molecule has 1 fully saturated rings. The van der Waals surface area contributed by atoms with Gasteiger partial charge in [0.2, 0.25) is 5.91 Å². The summed E-state index contributed by atoms with van der Waals surface area (Å²) in [7, 11) is 0. The topological polar surface area (TPSA) is 82.5 Å². The lowest BCUT2D eigenvalue weighted by molar-refractivity contribution is -0.119. The summed E-state index contributed by atoms with van der Waals surface area (Å²) >= 11 is 1.29. The Morgan fingerprint density at radius 2 is 1.97 bits per heavy atom. The molecule has 1 amide bonds. The molecule has 1 saturated heterocycles. The number of fused-ring (bicyclic) bond motifs is 2. The van der Waals surface area contributed by atoms with E-state index in [1.165, 1.54) is 11.8 Å². The quantitative estimate of drug-likeness (QED) is 0.457. The number of benzene rings is 2. The number of carbonyl (C=O) groups excluding carboxylic acids is 1. The molecule has 166 valence electrons. The molecule has 8 heteroatoms. The zero-order chi connectivity index (χ0) is 21.9. The molecular weight excluding hydrogens is 426 g/mol. The number of nitrogens with one attached hydrogen (secondary N) is 1. The third kappa shape index (κ3) is 4.38. The Bertz CT molecular complexity index is 1190. The normalized spacial score (nSPS) is 20.0. The number of hydrogen-bond donors (Lipinski definition) is 1. The molecule has 2 aromatic carbocycles. The van der Waals surface area contributed by atoms with Gasteiger partial charge in [0.05, 0.1) is 42.0 Å². The summed E-state index contributed by atoms with van der Waals surface area (Å²) in [4.78, 5) is 30.7. The predicted molar refractivity (Wildman–Crippen MR) is 123 cm³/mol. The molecule has 0 saturated carbocycles. The summed E-state index contributed by atoms with van der Waals surface area (Å²) in [5, 5.41) is 4.24. The van der Waals surface area contributed by atoms with Gasteiger partial charge in [0, 0.05) is 18.6 Å². The number of hydrogen-bond acceptors (Lipinski definition) is 6. The highest BCUT2D eigenvalue weighted by molar-refractivity contribution is 7.99. The van der Waals surface area contributed by atoms with Crippen LogP contribution in [-0.4, -0.2) is 40.5 Å². The van der Waals surface area contributed by atoms with Crippen molar-refractivity contribution in [2.45, 2.75) is 43.1 Å². The Balaban J connectivity index is 1.34. The van der Waals surface area contributed by atoms with E-state index in [4.69, 9.17) is 14.5 Å². The van der Waals surface area contributed by atoms with Crippen molar-refractivity contribution in [3.8, 4) is 5.75 Å². The molecule has 32 heavy (non-hydrogen) atoms. The van der Waals surface area contributed by atoms with E-state index in [9.17, 15) is 9.59 Å². The van der Waals surface area contributed by atoms with E-state index >= 15 is 0 Å². The molecular formula is C24H25N3O4S. The first kappa shape index (κ1) is 21.0. The van der Waals surface area contributed by atoms with Gasteiger partial charge in [-0.25, -0.2) is 4.98 Å². The fourth-order valence-corrected chi connectivity index (χ4v) is 5.09. The molecule has 0 aliphatic carbocycles. The number of thioether (sulfide) groups is 1. The molecule has 2 aliphatic rings. The lowest BCUT2D eigenvalue weighted by Crippen LogP contribution is -2.33. The van der Waals surface area contributed by atoms with Gasteiger partial charge in [-0.3, -0.25) is 14.2 Å². The maximum Gasteiger partial charge on any atom is 0.262 e. The van der Waals surface area contributed by atoms with Crippen LogP contribution in [0, 0.1) is 0 Å². The van der Waals surface area contributed by atoms with Gasteiger partial charge >= 0.3 is 0 Å². The molecule has 5 rings (SSSR count). The highest BCUT2D eigenvalue weighted by atomic mass is 32.2. The number of aromatic nitrogens is 2. The van der Waals surface area contributed by atoms with Crippen molar-refractivity contribution >= 4 is 28.6 Å². The lowest BCUT2D eigenvalue weighted by atomic mass is 10.0. The number of amides is 1. The molecule has 7 nitrogen and oxygen atoms in total. The second kappa shape index (κ2) is 9.34. The second-order valence-corrected chi connectivity index (χ2v) is 8.99. The van der Waals surface area contributed by atoms with Crippen LogP contribution in [0.3, 0.4) is 0 Å². The Morgan fingerprint density at radius 3 is 2.84 bits per heavy atom. The molecule has 0 unspecified atom stereocenters. The lowest BCUT2D eigenvalue weighted by Gasteiger charge is -2.26. The molecule has 2 aliphatic heterocycles. The van der Waals surface area contributed by atoms with Gasteiger partial charge in [-0.05, 0) is 31.0 Å². The minimum Gasteiger partial charge on any atom is -0.493 e. The number of para-hydroxylation sites is 2. The van der Waals surface area contributed by atoms with Crippen molar-refractivity contribution in [2.75, 3.05) is 19.0 Å². The average Bonchev–Trinajstić information content (AvgIpc) is 3.33. The number of nitrogens with zero attached hydrogens (tertiary/aromatic N) is 2. The summed E-state index contributed by atoms with van der Waals surface area (Å²) in [6, 6.07) is 15.0. The second-order valence-electron chi connectivity index (χ2n) is 8.05. The van der Waals surface area contributed by atoms with Crippen molar-refractivity contribution in [3.05, 3.63) is 64.4 Å². The van der Waals surface area contributed by atoms with E-state index in [1.54, 1.807) is 10.6 Å². The summed E-state index contributed by atoms with van der Waals surface area (Å²) in [5.41, 5.74) is 1.55. The summed E-state index contributed by atoms with van der Waals surface area (Å²) < 4.78 is 13.1. The molecule has 3 heterocycles. The monoisotopic (exact) mass is 451 g/mol. The van der Waals surface area contributed by atoms with Crippen LogP contribution >= 0.6 is 11.8 Å². The van der Waals surface area contributed by atoms with Gasteiger partial charge in [-0.1, -0.05) is 42.1 Å². The first-order chi connectivity index (χ1) is 15.7.